The van der Waals surface area contributed by atoms with Gasteiger partial charge in [0.2, 0.25) is 0 Å². The lowest BCUT2D eigenvalue weighted by atomic mass is 10.0. The Balaban J connectivity index is 3.57. The van der Waals surface area contributed by atoms with Crippen LogP contribution in [0.15, 0.2) is 0 Å². The first-order valence-electron chi connectivity index (χ1n) is 3.89. The normalized spacial score (nSPS) is 12.1. The predicted molar refractivity (Wildman–Crippen MR) is 46.2 cm³/mol. The van der Waals surface area contributed by atoms with E-state index in [1.54, 1.807) is 0 Å². The monoisotopic (exact) mass is 153 g/mol. The summed E-state index contributed by atoms with van der Waals surface area (Å²) in [6.45, 7) is 5.53. The molecule has 0 bridgehead atoms. The largest absolute Gasteiger partial charge is 0.316 e. The summed E-state index contributed by atoms with van der Waals surface area (Å²) in [6, 6.07) is 0. The average Bonchev–Trinajstić information content (AvgIpc) is 2.00. The molecule has 0 fully saturated rings. The van der Waals surface area contributed by atoms with Gasteiger partial charge in [0.05, 0.1) is 6.42 Å². The molecule has 1 N–H and O–H groups in total. The molecule has 0 aromatic rings. The Labute approximate surface area is 68.4 Å². The van der Waals surface area contributed by atoms with Crippen LogP contribution in [0, 0.1) is 18.3 Å². The van der Waals surface area contributed by atoms with Crippen LogP contribution in [0.5, 0.6) is 0 Å². The van der Waals surface area contributed by atoms with E-state index >= 15 is 0 Å². The zero-order valence-electron chi connectivity index (χ0n) is 7.18. The molecule has 0 heterocycles. The molecule has 0 aromatic heterocycles. The fraction of sp³-hybridized carbons (Fsp3) is 0.667. The van der Waals surface area contributed by atoms with Crippen molar-refractivity contribution in [2.75, 3.05) is 13.1 Å². The minimum atomic E-state index is 0.0472. The molecule has 0 spiro atoms. The summed E-state index contributed by atoms with van der Waals surface area (Å²) in [5.74, 6) is 2.54. The van der Waals surface area contributed by atoms with Crippen molar-refractivity contribution in [3.05, 3.63) is 0 Å². The summed E-state index contributed by atoms with van der Waals surface area (Å²) < 4.78 is 0. The number of rotatable bonds is 5. The average molecular weight is 153 g/mol. The molecule has 2 nitrogen and oxygen atoms in total. The van der Waals surface area contributed by atoms with Crippen LogP contribution in [0.2, 0.25) is 0 Å². The molecule has 0 aliphatic rings. The van der Waals surface area contributed by atoms with Gasteiger partial charge < -0.3 is 5.32 Å². The van der Waals surface area contributed by atoms with Gasteiger partial charge >= 0.3 is 0 Å². The SMILES string of the molecule is C#CCC(=O)C(C)CNCC. The van der Waals surface area contributed by atoms with Gasteiger partial charge in [0.25, 0.3) is 0 Å². The fourth-order valence-corrected chi connectivity index (χ4v) is 0.750. The van der Waals surface area contributed by atoms with E-state index in [2.05, 4.69) is 11.2 Å². The molecule has 0 saturated heterocycles. The second kappa shape index (κ2) is 5.94. The van der Waals surface area contributed by atoms with Crippen LogP contribution in [0.3, 0.4) is 0 Å². The molecule has 0 saturated carbocycles. The van der Waals surface area contributed by atoms with Gasteiger partial charge in [-0.25, -0.2) is 0 Å². The summed E-state index contributed by atoms with van der Waals surface area (Å²) in [5, 5.41) is 3.10. The molecule has 0 amide bonds. The van der Waals surface area contributed by atoms with Crippen molar-refractivity contribution in [2.45, 2.75) is 20.3 Å². The van der Waals surface area contributed by atoms with E-state index in [0.29, 0.717) is 0 Å². The van der Waals surface area contributed by atoms with Crippen LogP contribution in [-0.2, 0) is 4.79 Å². The number of carbonyl (C=O) groups is 1. The van der Waals surface area contributed by atoms with Crippen LogP contribution >= 0.6 is 0 Å². The Morgan fingerprint density at radius 3 is 2.82 bits per heavy atom. The molecule has 2 heteroatoms. The lowest BCUT2D eigenvalue weighted by molar-refractivity contribution is -0.121. The van der Waals surface area contributed by atoms with E-state index in [9.17, 15) is 4.79 Å². The third-order valence-electron chi connectivity index (χ3n) is 1.53. The third-order valence-corrected chi connectivity index (χ3v) is 1.53. The Kier molecular flexibility index (Phi) is 5.50. The Bertz CT molecular complexity index is 157. The van der Waals surface area contributed by atoms with Crippen molar-refractivity contribution in [2.24, 2.45) is 5.92 Å². The summed E-state index contributed by atoms with van der Waals surface area (Å²) in [7, 11) is 0. The zero-order valence-corrected chi connectivity index (χ0v) is 7.18. The Morgan fingerprint density at radius 2 is 2.36 bits per heavy atom. The van der Waals surface area contributed by atoms with Crippen molar-refractivity contribution < 1.29 is 4.79 Å². The van der Waals surface area contributed by atoms with Crippen LogP contribution < -0.4 is 5.32 Å². The molecule has 1 atom stereocenters. The van der Waals surface area contributed by atoms with Crippen molar-refractivity contribution >= 4 is 5.78 Å². The highest BCUT2D eigenvalue weighted by molar-refractivity contribution is 5.82. The first-order chi connectivity index (χ1) is 5.22. The highest BCUT2D eigenvalue weighted by Crippen LogP contribution is 1.97. The quantitative estimate of drug-likeness (QED) is 0.593. The third kappa shape index (κ3) is 4.58. The molecule has 0 aliphatic heterocycles. The van der Waals surface area contributed by atoms with Crippen molar-refractivity contribution in [3.8, 4) is 12.3 Å². The number of terminal acetylenes is 1. The summed E-state index contributed by atoms with van der Waals surface area (Å²) in [6.07, 6.45) is 5.26. The summed E-state index contributed by atoms with van der Waals surface area (Å²) in [4.78, 5) is 11.1. The van der Waals surface area contributed by atoms with Gasteiger partial charge in [-0.15, -0.1) is 6.42 Å². The van der Waals surface area contributed by atoms with E-state index in [1.807, 2.05) is 13.8 Å². The maximum absolute atomic E-state index is 11.1. The standard InChI is InChI=1S/C9H15NO/c1-4-6-9(11)8(3)7-10-5-2/h1,8,10H,5-7H2,2-3H3. The molecular weight excluding hydrogens is 138 g/mol. The highest BCUT2D eigenvalue weighted by atomic mass is 16.1. The number of Topliss-reactive ketones (excluding diaryl/α,β-unsaturated/α-hetero) is 1. The van der Waals surface area contributed by atoms with Crippen LogP contribution in [0.25, 0.3) is 0 Å². The molecule has 62 valence electrons. The van der Waals surface area contributed by atoms with Gasteiger partial charge in [-0.2, -0.15) is 0 Å². The smallest absolute Gasteiger partial charge is 0.148 e. The summed E-state index contributed by atoms with van der Waals surface area (Å²) in [5.41, 5.74) is 0. The number of hydrogen-bond acceptors (Lipinski definition) is 2. The number of hydrogen-bond donors (Lipinski definition) is 1. The first-order valence-corrected chi connectivity index (χ1v) is 3.89. The molecule has 0 aliphatic carbocycles. The molecule has 0 aromatic carbocycles. The number of nitrogens with one attached hydrogen (secondary N) is 1. The zero-order chi connectivity index (χ0) is 8.69. The van der Waals surface area contributed by atoms with Gasteiger partial charge in [-0.05, 0) is 6.54 Å². The predicted octanol–water partition coefficient (Wildman–Crippen LogP) is 0.824. The van der Waals surface area contributed by atoms with Crippen molar-refractivity contribution in [3.63, 3.8) is 0 Å². The van der Waals surface area contributed by atoms with Crippen molar-refractivity contribution in [1.29, 1.82) is 0 Å². The van der Waals surface area contributed by atoms with E-state index in [0.717, 1.165) is 13.1 Å². The Morgan fingerprint density at radius 1 is 1.73 bits per heavy atom. The molecule has 11 heavy (non-hydrogen) atoms. The highest BCUT2D eigenvalue weighted by Gasteiger charge is 2.09. The van der Waals surface area contributed by atoms with Gasteiger partial charge in [0.1, 0.15) is 5.78 Å². The van der Waals surface area contributed by atoms with Crippen LogP contribution in [0.4, 0.5) is 0 Å². The minimum absolute atomic E-state index is 0.0472. The number of ketones is 1. The minimum Gasteiger partial charge on any atom is -0.316 e. The molecular formula is C9H15NO. The van der Waals surface area contributed by atoms with E-state index in [1.165, 1.54) is 0 Å². The Hall–Kier alpha value is -0.810. The summed E-state index contributed by atoms with van der Waals surface area (Å²) >= 11 is 0. The topological polar surface area (TPSA) is 29.1 Å². The lowest BCUT2D eigenvalue weighted by Gasteiger charge is -2.07. The van der Waals surface area contributed by atoms with Crippen molar-refractivity contribution in [1.82, 2.24) is 5.32 Å². The molecule has 0 rings (SSSR count). The maximum Gasteiger partial charge on any atom is 0.148 e. The second-order valence-corrected chi connectivity index (χ2v) is 2.56. The fourth-order valence-electron chi connectivity index (χ4n) is 0.750. The van der Waals surface area contributed by atoms with Gasteiger partial charge in [-0.3, -0.25) is 4.79 Å². The molecule has 1 unspecified atom stereocenters. The van der Waals surface area contributed by atoms with E-state index < -0.39 is 0 Å². The number of carbonyl (C=O) groups excluding carboxylic acids is 1. The molecule has 0 radical (unpaired) electrons. The van der Waals surface area contributed by atoms with Crippen LogP contribution in [-0.4, -0.2) is 18.9 Å². The van der Waals surface area contributed by atoms with E-state index in [-0.39, 0.29) is 18.1 Å². The lowest BCUT2D eigenvalue weighted by Crippen LogP contribution is -2.25. The van der Waals surface area contributed by atoms with Gasteiger partial charge in [0, 0.05) is 12.5 Å². The second-order valence-electron chi connectivity index (χ2n) is 2.56. The first kappa shape index (κ1) is 10.2. The van der Waals surface area contributed by atoms with Gasteiger partial charge in [-0.1, -0.05) is 19.8 Å². The van der Waals surface area contributed by atoms with Crippen LogP contribution in [0.1, 0.15) is 20.3 Å². The van der Waals surface area contributed by atoms with Gasteiger partial charge in [0.15, 0.2) is 0 Å². The van der Waals surface area contributed by atoms with E-state index in [4.69, 9.17) is 6.42 Å². The maximum atomic E-state index is 11.1.